The highest BCUT2D eigenvalue weighted by molar-refractivity contribution is 7.99. The second-order valence-corrected chi connectivity index (χ2v) is 6.71. The van der Waals surface area contributed by atoms with Crippen LogP contribution in [0.5, 0.6) is 0 Å². The molecule has 0 aromatic heterocycles. The number of sulfonamides is 1. The Morgan fingerprint density at radius 3 is 2.84 bits per heavy atom. The number of thioether (sulfide) groups is 1. The van der Waals surface area contributed by atoms with E-state index in [1.54, 1.807) is 0 Å². The first-order valence-corrected chi connectivity index (χ1v) is 8.15. The van der Waals surface area contributed by atoms with E-state index in [4.69, 9.17) is 23.8 Å². The first-order valence-electron chi connectivity index (χ1n) is 5.14. The smallest absolute Gasteiger partial charge is 0.242 e. The number of benzene rings is 1. The van der Waals surface area contributed by atoms with E-state index in [9.17, 15) is 12.8 Å². The Morgan fingerprint density at radius 1 is 1.53 bits per heavy atom. The lowest BCUT2D eigenvalue weighted by Crippen LogP contribution is -2.26. The maximum absolute atomic E-state index is 13.1. The van der Waals surface area contributed by atoms with Crippen molar-refractivity contribution in [3.63, 3.8) is 0 Å². The predicted octanol–water partition coefficient (Wildman–Crippen LogP) is 1.71. The summed E-state index contributed by atoms with van der Waals surface area (Å²) in [6.07, 6.45) is 5.06. The molecule has 0 aliphatic rings. The summed E-state index contributed by atoms with van der Waals surface area (Å²) in [4.78, 5) is -0.241. The SMILES string of the molecule is C#CCSCCNS(=O)(=O)c1cc(N)c(F)cc1Cl. The average molecular weight is 323 g/mol. The van der Waals surface area contributed by atoms with E-state index in [0.29, 0.717) is 11.5 Å². The summed E-state index contributed by atoms with van der Waals surface area (Å²) in [5.41, 5.74) is 5.06. The zero-order valence-electron chi connectivity index (χ0n) is 9.82. The molecule has 0 amide bonds. The Balaban J connectivity index is 2.78. The zero-order valence-corrected chi connectivity index (χ0v) is 12.2. The maximum Gasteiger partial charge on any atom is 0.242 e. The van der Waals surface area contributed by atoms with Crippen LogP contribution >= 0.6 is 23.4 Å². The largest absolute Gasteiger partial charge is 0.396 e. The highest BCUT2D eigenvalue weighted by Crippen LogP contribution is 2.26. The van der Waals surface area contributed by atoms with Crippen molar-refractivity contribution in [2.75, 3.05) is 23.8 Å². The van der Waals surface area contributed by atoms with E-state index in [2.05, 4.69) is 10.6 Å². The minimum Gasteiger partial charge on any atom is -0.396 e. The monoisotopic (exact) mass is 322 g/mol. The third-order valence-corrected chi connectivity index (χ3v) is 4.85. The number of anilines is 1. The molecule has 3 N–H and O–H groups in total. The summed E-state index contributed by atoms with van der Waals surface area (Å²) >= 11 is 7.12. The highest BCUT2D eigenvalue weighted by atomic mass is 35.5. The number of hydrogen-bond donors (Lipinski definition) is 2. The molecule has 1 rings (SSSR count). The first kappa shape index (κ1) is 16.1. The minimum absolute atomic E-state index is 0.197. The lowest BCUT2D eigenvalue weighted by molar-refractivity contribution is 0.583. The number of nitrogens with one attached hydrogen (secondary N) is 1. The average Bonchev–Trinajstić information content (AvgIpc) is 2.33. The quantitative estimate of drug-likeness (QED) is 0.475. The molecule has 104 valence electrons. The van der Waals surface area contributed by atoms with Crippen molar-refractivity contribution in [2.24, 2.45) is 0 Å². The summed E-state index contributed by atoms with van der Waals surface area (Å²) in [7, 11) is -3.81. The van der Waals surface area contributed by atoms with Gasteiger partial charge in [0.05, 0.1) is 16.5 Å². The number of nitrogen functional groups attached to an aromatic ring is 1. The molecule has 4 nitrogen and oxygen atoms in total. The van der Waals surface area contributed by atoms with Gasteiger partial charge in [0, 0.05) is 12.3 Å². The molecule has 0 radical (unpaired) electrons. The third-order valence-electron chi connectivity index (χ3n) is 2.06. The van der Waals surface area contributed by atoms with Crippen molar-refractivity contribution in [3.05, 3.63) is 23.0 Å². The summed E-state index contributed by atoms with van der Waals surface area (Å²) in [5.74, 6) is 2.70. The Kier molecular flexibility index (Phi) is 5.94. The van der Waals surface area contributed by atoms with E-state index in [-0.39, 0.29) is 22.2 Å². The molecule has 0 aliphatic carbocycles. The number of terminal acetylenes is 1. The number of rotatable bonds is 6. The Bertz CT molecular complexity index is 599. The van der Waals surface area contributed by atoms with Crippen LogP contribution < -0.4 is 10.5 Å². The first-order chi connectivity index (χ1) is 8.88. The van der Waals surface area contributed by atoms with E-state index < -0.39 is 15.8 Å². The Morgan fingerprint density at radius 2 is 2.21 bits per heavy atom. The molecular formula is C11H12ClFN2O2S2. The van der Waals surface area contributed by atoms with Gasteiger partial charge in [0.2, 0.25) is 10.0 Å². The van der Waals surface area contributed by atoms with Gasteiger partial charge in [-0.05, 0) is 12.1 Å². The molecule has 0 saturated heterocycles. The van der Waals surface area contributed by atoms with Crippen molar-refractivity contribution in [1.29, 1.82) is 0 Å². The van der Waals surface area contributed by atoms with Crippen LogP contribution in [-0.2, 0) is 10.0 Å². The minimum atomic E-state index is -3.81. The molecule has 8 heteroatoms. The van der Waals surface area contributed by atoms with E-state index in [1.807, 2.05) is 0 Å². The van der Waals surface area contributed by atoms with Gasteiger partial charge < -0.3 is 5.73 Å². The van der Waals surface area contributed by atoms with Gasteiger partial charge in [-0.25, -0.2) is 17.5 Å². The lowest BCUT2D eigenvalue weighted by atomic mass is 10.3. The fraction of sp³-hybridized carbons (Fsp3) is 0.273. The molecule has 0 heterocycles. The highest BCUT2D eigenvalue weighted by Gasteiger charge is 2.19. The van der Waals surface area contributed by atoms with Gasteiger partial charge in [-0.2, -0.15) is 0 Å². The molecular weight excluding hydrogens is 311 g/mol. The van der Waals surface area contributed by atoms with Gasteiger partial charge in [-0.15, -0.1) is 18.2 Å². The van der Waals surface area contributed by atoms with Crippen molar-refractivity contribution < 1.29 is 12.8 Å². The zero-order chi connectivity index (χ0) is 14.5. The predicted molar refractivity (Wildman–Crippen MR) is 77.2 cm³/mol. The van der Waals surface area contributed by atoms with E-state index in [0.717, 1.165) is 12.1 Å². The number of nitrogens with two attached hydrogens (primary N) is 1. The van der Waals surface area contributed by atoms with E-state index in [1.165, 1.54) is 11.8 Å². The third kappa shape index (κ3) is 4.58. The number of halogens is 2. The van der Waals surface area contributed by atoms with Crippen LogP contribution in [0.1, 0.15) is 0 Å². The van der Waals surface area contributed by atoms with Crippen molar-refractivity contribution >= 4 is 39.1 Å². The Labute approximate surface area is 120 Å². The van der Waals surface area contributed by atoms with Crippen LogP contribution in [0.4, 0.5) is 10.1 Å². The lowest BCUT2D eigenvalue weighted by Gasteiger charge is -2.09. The van der Waals surface area contributed by atoms with Gasteiger partial charge in [0.15, 0.2) is 0 Å². The van der Waals surface area contributed by atoms with Crippen LogP contribution in [0.2, 0.25) is 5.02 Å². The van der Waals surface area contributed by atoms with Crippen molar-refractivity contribution in [2.45, 2.75) is 4.90 Å². The number of hydrogen-bond acceptors (Lipinski definition) is 4. The van der Waals surface area contributed by atoms with E-state index >= 15 is 0 Å². The van der Waals surface area contributed by atoms with Crippen LogP contribution in [0.25, 0.3) is 0 Å². The molecule has 0 unspecified atom stereocenters. The molecule has 0 atom stereocenters. The molecule has 0 fully saturated rings. The summed E-state index contributed by atoms with van der Waals surface area (Å²) < 4.78 is 39.3. The molecule has 1 aromatic rings. The van der Waals surface area contributed by atoms with Gasteiger partial charge in [0.25, 0.3) is 0 Å². The maximum atomic E-state index is 13.1. The van der Waals surface area contributed by atoms with Crippen LogP contribution in [0.3, 0.4) is 0 Å². The summed E-state index contributed by atoms with van der Waals surface area (Å²) in [6, 6.07) is 1.87. The molecule has 1 aromatic carbocycles. The van der Waals surface area contributed by atoms with Gasteiger partial charge in [-0.3, -0.25) is 0 Å². The van der Waals surface area contributed by atoms with Gasteiger partial charge in [-0.1, -0.05) is 17.5 Å². The van der Waals surface area contributed by atoms with Crippen LogP contribution in [-0.4, -0.2) is 26.5 Å². The fourth-order valence-electron chi connectivity index (χ4n) is 1.21. The van der Waals surface area contributed by atoms with Crippen LogP contribution in [0, 0.1) is 18.2 Å². The molecule has 0 spiro atoms. The molecule has 19 heavy (non-hydrogen) atoms. The standard InChI is InChI=1S/C11H12ClFN2O2S2/c1-2-4-18-5-3-15-19(16,17)11-7-10(14)9(13)6-8(11)12/h1,6-7,15H,3-5,14H2. The normalized spacial score (nSPS) is 11.2. The van der Waals surface area contributed by atoms with Crippen LogP contribution in [0.15, 0.2) is 17.0 Å². The molecule has 0 aliphatic heterocycles. The Hall–Kier alpha value is -0.940. The second kappa shape index (κ2) is 7.01. The summed E-state index contributed by atoms with van der Waals surface area (Å²) in [5, 5.41) is -0.213. The molecule has 0 saturated carbocycles. The van der Waals surface area contributed by atoms with Gasteiger partial charge >= 0.3 is 0 Å². The topological polar surface area (TPSA) is 72.2 Å². The van der Waals surface area contributed by atoms with Crippen molar-refractivity contribution in [3.8, 4) is 12.3 Å². The summed E-state index contributed by atoms with van der Waals surface area (Å²) in [6.45, 7) is 0.197. The van der Waals surface area contributed by atoms with Gasteiger partial charge in [0.1, 0.15) is 10.7 Å². The fourth-order valence-corrected chi connectivity index (χ4v) is 3.42. The second-order valence-electron chi connectivity index (χ2n) is 3.46. The van der Waals surface area contributed by atoms with Crippen molar-refractivity contribution in [1.82, 2.24) is 4.72 Å². The molecule has 0 bridgehead atoms.